The van der Waals surface area contributed by atoms with Crippen LogP contribution in [0.4, 0.5) is 18.6 Å². The summed E-state index contributed by atoms with van der Waals surface area (Å²) in [6, 6.07) is -3.15. The van der Waals surface area contributed by atoms with Crippen molar-refractivity contribution >= 4 is 12.1 Å². The summed E-state index contributed by atoms with van der Waals surface area (Å²) in [4.78, 5) is 19.3. The molecule has 0 radical (unpaired) electrons. The minimum atomic E-state index is -1.57. The Bertz CT molecular complexity index is 128. The second-order valence-electron chi connectivity index (χ2n) is 1.13. The second-order valence-corrected chi connectivity index (χ2v) is 1.13. The highest BCUT2D eigenvalue weighted by atomic mass is 19.2. The van der Waals surface area contributed by atoms with Crippen molar-refractivity contribution in [2.45, 2.75) is 0 Å². The molecule has 0 aromatic carbocycles. The Morgan fingerprint density at radius 2 is 1.25 bits per heavy atom. The van der Waals surface area contributed by atoms with Crippen LogP contribution in [-0.4, -0.2) is 22.3 Å². The fourth-order valence-electron chi connectivity index (χ4n) is 0.273. The van der Waals surface area contributed by atoms with Gasteiger partial charge in [0.1, 0.15) is 0 Å². The number of hydrogen-bond donors (Lipinski definition) is 0. The standard InChI is InChI=1S/C2F2N2O2/c3-5-1(7)6(4)2(5)8. The predicted molar refractivity (Wildman–Crippen MR) is 16.7 cm³/mol. The molecule has 1 aliphatic rings. The highest BCUT2D eigenvalue weighted by Gasteiger charge is 2.46. The molecule has 0 aromatic rings. The van der Waals surface area contributed by atoms with Crippen LogP contribution in [0.3, 0.4) is 0 Å². The van der Waals surface area contributed by atoms with E-state index in [1.54, 1.807) is 0 Å². The Morgan fingerprint density at radius 3 is 1.38 bits per heavy atom. The van der Waals surface area contributed by atoms with Crippen LogP contribution in [0.5, 0.6) is 0 Å². The molecule has 4 amide bonds. The van der Waals surface area contributed by atoms with Gasteiger partial charge < -0.3 is 0 Å². The summed E-state index contributed by atoms with van der Waals surface area (Å²) < 4.78 is 22.8. The molecule has 1 aliphatic heterocycles. The number of carbonyl (C=O) groups excluding carboxylic acids is 2. The fraction of sp³-hybridized carbons (Fsp3) is 0. The summed E-state index contributed by atoms with van der Waals surface area (Å²) in [5.74, 6) is 0. The molecule has 8 heavy (non-hydrogen) atoms. The number of hydrogen-bond acceptors (Lipinski definition) is 2. The highest BCUT2D eigenvalue weighted by Crippen LogP contribution is 2.15. The van der Waals surface area contributed by atoms with Crippen molar-refractivity contribution in [3.8, 4) is 0 Å². The van der Waals surface area contributed by atoms with Crippen molar-refractivity contribution in [1.29, 1.82) is 0 Å². The molecule has 1 rings (SSSR count). The van der Waals surface area contributed by atoms with Crippen LogP contribution >= 0.6 is 0 Å². The van der Waals surface area contributed by atoms with Gasteiger partial charge in [0.25, 0.3) is 0 Å². The lowest BCUT2D eigenvalue weighted by molar-refractivity contribution is -0.0475. The number of halogens is 2. The second kappa shape index (κ2) is 1.15. The molecule has 4 nitrogen and oxygen atoms in total. The molecule has 0 atom stereocenters. The van der Waals surface area contributed by atoms with Crippen LogP contribution in [0.2, 0.25) is 0 Å². The summed E-state index contributed by atoms with van der Waals surface area (Å²) in [6.07, 6.45) is 0. The maximum Gasteiger partial charge on any atom is 0.394 e. The first kappa shape index (κ1) is 4.95. The number of amides is 4. The Kier molecular flexibility index (Phi) is 0.708. The van der Waals surface area contributed by atoms with Gasteiger partial charge in [0.2, 0.25) is 0 Å². The minimum Gasteiger partial charge on any atom is -0.242 e. The lowest BCUT2D eigenvalue weighted by Gasteiger charge is -2.22. The van der Waals surface area contributed by atoms with Crippen molar-refractivity contribution in [2.24, 2.45) is 0 Å². The third kappa shape index (κ3) is 0.316. The molecule has 0 N–H and O–H groups in total. The van der Waals surface area contributed by atoms with E-state index in [0.29, 0.717) is 0 Å². The van der Waals surface area contributed by atoms with E-state index >= 15 is 0 Å². The molecule has 1 fully saturated rings. The van der Waals surface area contributed by atoms with Crippen LogP contribution < -0.4 is 0 Å². The van der Waals surface area contributed by atoms with Crippen molar-refractivity contribution in [3.63, 3.8) is 0 Å². The lowest BCUT2D eigenvalue weighted by Crippen LogP contribution is -2.55. The quantitative estimate of drug-likeness (QED) is 0.441. The van der Waals surface area contributed by atoms with Gasteiger partial charge in [-0.05, 0) is 0 Å². The number of rotatable bonds is 0. The van der Waals surface area contributed by atoms with Gasteiger partial charge in [-0.25, -0.2) is 9.59 Å². The van der Waals surface area contributed by atoms with Crippen LogP contribution in [0.25, 0.3) is 0 Å². The van der Waals surface area contributed by atoms with Crippen LogP contribution in [0.15, 0.2) is 0 Å². The van der Waals surface area contributed by atoms with E-state index in [0.717, 1.165) is 0 Å². The minimum absolute atomic E-state index is 0.819. The van der Waals surface area contributed by atoms with Gasteiger partial charge in [0, 0.05) is 0 Å². The van der Waals surface area contributed by atoms with Gasteiger partial charge >= 0.3 is 12.1 Å². The van der Waals surface area contributed by atoms with Gasteiger partial charge in [-0.3, -0.25) is 0 Å². The number of carbonyl (C=O) groups is 2. The maximum atomic E-state index is 11.4. The summed E-state index contributed by atoms with van der Waals surface area (Å²) in [5, 5.41) is -1.64. The molecule has 0 aliphatic carbocycles. The fourth-order valence-corrected chi connectivity index (χ4v) is 0.273. The van der Waals surface area contributed by atoms with E-state index in [-0.39, 0.29) is 0 Å². The van der Waals surface area contributed by atoms with Gasteiger partial charge in [-0.1, -0.05) is 19.2 Å². The molecule has 0 aromatic heterocycles. The van der Waals surface area contributed by atoms with Gasteiger partial charge in [-0.15, -0.1) is 0 Å². The Labute approximate surface area is 42.1 Å². The monoisotopic (exact) mass is 122 g/mol. The number of nitrogens with zero attached hydrogens (tertiary/aromatic N) is 2. The highest BCUT2D eigenvalue weighted by molar-refractivity contribution is 6.09. The zero-order chi connectivity index (χ0) is 6.31. The summed E-state index contributed by atoms with van der Waals surface area (Å²) in [6.45, 7) is 0. The third-order valence-corrected chi connectivity index (χ3v) is 0.672. The number of imide groups is 2. The molecular weight excluding hydrogens is 122 g/mol. The first-order valence-corrected chi connectivity index (χ1v) is 1.64. The van der Waals surface area contributed by atoms with E-state index in [1.165, 1.54) is 0 Å². The van der Waals surface area contributed by atoms with Gasteiger partial charge in [-0.2, -0.15) is 0 Å². The molecular formula is C2F2N2O2. The summed E-state index contributed by atoms with van der Waals surface area (Å²) in [5.41, 5.74) is 0. The van der Waals surface area contributed by atoms with E-state index in [1.807, 2.05) is 0 Å². The normalized spacial score (nSPS) is 19.2. The zero-order valence-corrected chi connectivity index (χ0v) is 3.47. The molecule has 0 unspecified atom stereocenters. The maximum absolute atomic E-state index is 11.4. The van der Waals surface area contributed by atoms with E-state index in [4.69, 9.17) is 0 Å². The topological polar surface area (TPSA) is 40.6 Å². The zero-order valence-electron chi connectivity index (χ0n) is 3.47. The lowest BCUT2D eigenvalue weighted by atomic mass is 10.7. The molecule has 0 bridgehead atoms. The Morgan fingerprint density at radius 1 is 1.00 bits per heavy atom. The Balaban J connectivity index is 2.68. The van der Waals surface area contributed by atoms with E-state index < -0.39 is 22.3 Å². The first-order valence-electron chi connectivity index (χ1n) is 1.64. The average Bonchev–Trinajstić information content (AvgIpc) is 1.83. The van der Waals surface area contributed by atoms with Gasteiger partial charge in [0.15, 0.2) is 0 Å². The van der Waals surface area contributed by atoms with Crippen LogP contribution in [0, 0.1) is 0 Å². The van der Waals surface area contributed by atoms with E-state index in [9.17, 15) is 18.6 Å². The van der Waals surface area contributed by atoms with Crippen LogP contribution in [-0.2, 0) is 0 Å². The van der Waals surface area contributed by atoms with Crippen molar-refractivity contribution < 1.29 is 18.6 Å². The predicted octanol–water partition coefficient (Wildman–Crippen LogP) is 0.613. The summed E-state index contributed by atoms with van der Waals surface area (Å²) >= 11 is 0. The largest absolute Gasteiger partial charge is 0.394 e. The summed E-state index contributed by atoms with van der Waals surface area (Å²) in [7, 11) is 0. The molecule has 6 heteroatoms. The molecule has 1 heterocycles. The van der Waals surface area contributed by atoms with Crippen molar-refractivity contribution in [3.05, 3.63) is 0 Å². The average molecular weight is 122 g/mol. The first-order chi connectivity index (χ1) is 3.64. The molecule has 0 saturated carbocycles. The smallest absolute Gasteiger partial charge is 0.242 e. The van der Waals surface area contributed by atoms with E-state index in [2.05, 4.69) is 0 Å². The van der Waals surface area contributed by atoms with Gasteiger partial charge in [0.05, 0.1) is 0 Å². The number of urea groups is 2. The molecule has 44 valence electrons. The van der Waals surface area contributed by atoms with Crippen molar-refractivity contribution in [1.82, 2.24) is 10.2 Å². The van der Waals surface area contributed by atoms with Crippen LogP contribution in [0.1, 0.15) is 0 Å². The van der Waals surface area contributed by atoms with Crippen molar-refractivity contribution in [2.75, 3.05) is 0 Å². The third-order valence-electron chi connectivity index (χ3n) is 0.672. The molecule has 1 saturated heterocycles. The Hall–Kier alpha value is -1.20. The SMILES string of the molecule is O=C1N(F)C(=O)N1F. The molecule has 0 spiro atoms.